The monoisotopic (exact) mass is 351 g/mol. The van der Waals surface area contributed by atoms with Gasteiger partial charge < -0.3 is 9.84 Å². The molecule has 0 radical (unpaired) electrons. The zero-order valence-electron chi connectivity index (χ0n) is 11.0. The maximum absolute atomic E-state index is 12.4. The molecule has 1 aromatic carbocycles. The number of halogens is 5. The molecule has 3 nitrogen and oxygen atoms in total. The minimum atomic E-state index is -4.50. The van der Waals surface area contributed by atoms with E-state index in [-0.39, 0.29) is 16.6 Å². The molecule has 0 aliphatic heterocycles. The van der Waals surface area contributed by atoms with Crippen molar-refractivity contribution in [1.29, 1.82) is 0 Å². The maximum atomic E-state index is 12.4. The predicted octanol–water partition coefficient (Wildman–Crippen LogP) is 4.49. The van der Waals surface area contributed by atoms with Crippen LogP contribution in [0.3, 0.4) is 0 Å². The van der Waals surface area contributed by atoms with E-state index >= 15 is 0 Å². The Morgan fingerprint density at radius 1 is 1.14 bits per heavy atom. The molecule has 0 atom stereocenters. The smallest absolute Gasteiger partial charge is 0.422 e. The number of hydrogen-bond acceptors (Lipinski definition) is 3. The topological polar surface area (TPSA) is 42.4 Å². The van der Waals surface area contributed by atoms with Gasteiger partial charge in [0.2, 0.25) is 0 Å². The molecule has 8 heteroatoms. The van der Waals surface area contributed by atoms with E-state index in [0.717, 1.165) is 0 Å². The molecule has 0 spiro atoms. The van der Waals surface area contributed by atoms with E-state index in [1.54, 1.807) is 24.3 Å². The Hall–Kier alpha value is -1.50. The molecule has 0 fully saturated rings. The van der Waals surface area contributed by atoms with Gasteiger partial charge in [-0.2, -0.15) is 13.2 Å². The molecule has 0 unspecified atom stereocenters. The summed E-state index contributed by atoms with van der Waals surface area (Å²) in [4.78, 5) is 3.79. The summed E-state index contributed by atoms with van der Waals surface area (Å²) in [6, 6.07) is 7.79. The van der Waals surface area contributed by atoms with Crippen molar-refractivity contribution in [2.45, 2.75) is 12.8 Å². The average Bonchev–Trinajstić information content (AvgIpc) is 2.45. The number of aliphatic hydroxyl groups excluding tert-OH is 1. The van der Waals surface area contributed by atoms with Crippen molar-refractivity contribution in [3.05, 3.63) is 46.2 Å². The zero-order valence-corrected chi connectivity index (χ0v) is 12.5. The number of pyridine rings is 1. The van der Waals surface area contributed by atoms with Crippen molar-refractivity contribution in [3.63, 3.8) is 0 Å². The molecular weight excluding hydrogens is 342 g/mol. The number of alkyl halides is 3. The molecular formula is C14H10Cl2F3NO2. The largest absolute Gasteiger partial charge is 0.480 e. The Balaban J connectivity index is 2.48. The second-order valence-electron chi connectivity index (χ2n) is 4.35. The van der Waals surface area contributed by atoms with Gasteiger partial charge >= 0.3 is 6.18 Å². The summed E-state index contributed by atoms with van der Waals surface area (Å²) in [6.45, 7) is -1.90. The van der Waals surface area contributed by atoms with Gasteiger partial charge in [0.15, 0.2) is 17.5 Å². The van der Waals surface area contributed by atoms with E-state index in [9.17, 15) is 13.2 Å². The van der Waals surface area contributed by atoms with Gasteiger partial charge in [-0.3, -0.25) is 0 Å². The quantitative estimate of drug-likeness (QED) is 0.825. The predicted molar refractivity (Wildman–Crippen MR) is 77.2 cm³/mol. The van der Waals surface area contributed by atoms with E-state index < -0.39 is 19.4 Å². The van der Waals surface area contributed by atoms with E-state index in [2.05, 4.69) is 4.98 Å². The minimum absolute atomic E-state index is 0.196. The minimum Gasteiger partial charge on any atom is -0.480 e. The zero-order chi connectivity index (χ0) is 16.3. The van der Waals surface area contributed by atoms with Crippen molar-refractivity contribution in [3.8, 4) is 16.9 Å². The fourth-order valence-corrected chi connectivity index (χ4v) is 2.16. The molecule has 118 valence electrons. The fourth-order valence-electron chi connectivity index (χ4n) is 1.77. The van der Waals surface area contributed by atoms with Crippen molar-refractivity contribution in [2.75, 3.05) is 6.61 Å². The summed E-state index contributed by atoms with van der Waals surface area (Å²) < 4.78 is 41.9. The number of nitrogens with zero attached hydrogens (tertiary/aromatic N) is 1. The molecule has 0 aliphatic carbocycles. The summed E-state index contributed by atoms with van der Waals surface area (Å²) in [6.07, 6.45) is -4.50. The first-order chi connectivity index (χ1) is 10.3. The van der Waals surface area contributed by atoms with Crippen molar-refractivity contribution < 1.29 is 23.0 Å². The lowest BCUT2D eigenvalue weighted by molar-refractivity contribution is -0.153. The molecule has 0 amide bonds. The van der Waals surface area contributed by atoms with Crippen LogP contribution < -0.4 is 4.74 Å². The Kier molecular flexibility index (Phi) is 5.16. The summed E-state index contributed by atoms with van der Waals surface area (Å²) >= 11 is 11.7. The van der Waals surface area contributed by atoms with Crippen molar-refractivity contribution >= 4 is 23.2 Å². The molecule has 2 rings (SSSR count). The van der Waals surface area contributed by atoms with Crippen LogP contribution in [-0.4, -0.2) is 22.9 Å². The van der Waals surface area contributed by atoms with Crippen LogP contribution in [0.4, 0.5) is 13.2 Å². The van der Waals surface area contributed by atoms with E-state index in [1.807, 2.05) is 0 Å². The van der Waals surface area contributed by atoms with E-state index in [0.29, 0.717) is 16.1 Å². The number of benzene rings is 1. The summed E-state index contributed by atoms with van der Waals surface area (Å²) in [7, 11) is 0. The van der Waals surface area contributed by atoms with Crippen molar-refractivity contribution in [2.24, 2.45) is 0 Å². The Morgan fingerprint density at radius 2 is 1.77 bits per heavy atom. The first-order valence-corrected chi connectivity index (χ1v) is 6.81. The first-order valence-electron chi connectivity index (χ1n) is 6.06. The molecule has 0 saturated heterocycles. The highest BCUT2D eigenvalue weighted by molar-refractivity contribution is 6.31. The van der Waals surface area contributed by atoms with E-state index in [4.69, 9.17) is 33.0 Å². The third-order valence-electron chi connectivity index (χ3n) is 2.68. The van der Waals surface area contributed by atoms with Crippen LogP contribution in [0, 0.1) is 0 Å². The van der Waals surface area contributed by atoms with Gasteiger partial charge in [-0.15, -0.1) is 0 Å². The van der Waals surface area contributed by atoms with Crippen LogP contribution in [-0.2, 0) is 6.61 Å². The Bertz CT molecular complexity index is 660. The molecule has 1 aromatic heterocycles. The van der Waals surface area contributed by atoms with Crippen molar-refractivity contribution in [1.82, 2.24) is 4.98 Å². The van der Waals surface area contributed by atoms with Crippen LogP contribution in [0.15, 0.2) is 30.3 Å². The lowest BCUT2D eigenvalue weighted by Crippen LogP contribution is -2.20. The van der Waals surface area contributed by atoms with Gasteiger partial charge in [0.05, 0.1) is 12.3 Å². The third kappa shape index (κ3) is 4.25. The van der Waals surface area contributed by atoms with Crippen LogP contribution in [0.2, 0.25) is 10.2 Å². The highest BCUT2D eigenvalue weighted by Crippen LogP contribution is 2.37. The van der Waals surface area contributed by atoms with Gasteiger partial charge in [-0.05, 0) is 23.8 Å². The Morgan fingerprint density at radius 3 is 2.32 bits per heavy atom. The lowest BCUT2D eigenvalue weighted by Gasteiger charge is -2.15. The number of hydrogen-bond donors (Lipinski definition) is 1. The molecule has 0 bridgehead atoms. The molecule has 2 aromatic rings. The number of rotatable bonds is 4. The maximum Gasteiger partial charge on any atom is 0.422 e. The summed E-state index contributed by atoms with van der Waals surface area (Å²) in [5, 5.41) is 9.39. The van der Waals surface area contributed by atoms with Gasteiger partial charge in [0.25, 0.3) is 0 Å². The highest BCUT2D eigenvalue weighted by atomic mass is 35.5. The Labute approximate surface area is 134 Å². The standard InChI is InChI=1S/C14H10Cl2F3NO2/c15-9-3-1-8(2-4-9)11-5-10(6-21)20-13(16)12(11)22-7-14(17,18)19/h1-5,21H,6-7H2. The van der Waals surface area contributed by atoms with Crippen LogP contribution in [0.25, 0.3) is 11.1 Å². The molecule has 1 heterocycles. The van der Waals surface area contributed by atoms with E-state index in [1.165, 1.54) is 6.07 Å². The lowest BCUT2D eigenvalue weighted by atomic mass is 10.1. The normalized spacial score (nSPS) is 11.5. The number of aromatic nitrogens is 1. The molecule has 22 heavy (non-hydrogen) atoms. The van der Waals surface area contributed by atoms with Gasteiger partial charge in [-0.1, -0.05) is 35.3 Å². The second kappa shape index (κ2) is 6.73. The number of aliphatic hydroxyl groups is 1. The molecule has 1 N–H and O–H groups in total. The summed E-state index contributed by atoms with van der Waals surface area (Å²) in [5.41, 5.74) is 1.06. The van der Waals surface area contributed by atoms with Gasteiger partial charge in [-0.25, -0.2) is 4.98 Å². The first kappa shape index (κ1) is 16.9. The highest BCUT2D eigenvalue weighted by Gasteiger charge is 2.29. The number of ether oxygens (including phenoxy) is 1. The van der Waals surface area contributed by atoms with Gasteiger partial charge in [0, 0.05) is 10.6 Å². The second-order valence-corrected chi connectivity index (χ2v) is 5.14. The fraction of sp³-hybridized carbons (Fsp3) is 0.214. The SMILES string of the molecule is OCc1cc(-c2ccc(Cl)cc2)c(OCC(F)(F)F)c(Cl)n1. The van der Waals surface area contributed by atoms with Gasteiger partial charge in [0.1, 0.15) is 0 Å². The third-order valence-corrected chi connectivity index (χ3v) is 3.19. The average molecular weight is 352 g/mol. The van der Waals surface area contributed by atoms with Crippen LogP contribution in [0.1, 0.15) is 5.69 Å². The van der Waals surface area contributed by atoms with Crippen LogP contribution >= 0.6 is 23.2 Å². The molecule has 0 aliphatic rings. The summed E-state index contributed by atoms with van der Waals surface area (Å²) in [5.74, 6) is -0.196. The molecule has 0 saturated carbocycles. The van der Waals surface area contributed by atoms with Crippen LogP contribution in [0.5, 0.6) is 5.75 Å².